The molecule has 1 aliphatic heterocycles. The summed E-state index contributed by atoms with van der Waals surface area (Å²) >= 11 is 0. The van der Waals surface area contributed by atoms with Crippen molar-refractivity contribution >= 4 is 33.6 Å². The first kappa shape index (κ1) is 44.7. The van der Waals surface area contributed by atoms with Gasteiger partial charge in [0.15, 0.2) is 0 Å². The van der Waals surface area contributed by atoms with Gasteiger partial charge in [0.05, 0.1) is 29.2 Å². The Bertz CT molecular complexity index is 2160. The smallest absolute Gasteiger partial charge is 0.243 e. The van der Waals surface area contributed by atoms with Crippen molar-refractivity contribution < 1.29 is 47.3 Å². The molecule has 3 aromatic rings. The number of fused-ring (bicyclic) bond motifs is 2. The van der Waals surface area contributed by atoms with Crippen LogP contribution in [0.3, 0.4) is 0 Å². The number of anilines is 1. The minimum Gasteiger partial charge on any atom is -0.460 e. The normalized spacial score (nSPS) is 23.8. The van der Waals surface area contributed by atoms with E-state index < -0.39 is 27.8 Å². The summed E-state index contributed by atoms with van der Waals surface area (Å²) in [6.45, 7) is 7.57. The second kappa shape index (κ2) is 20.1. The molecule has 1 heterocycles. The molecule has 2 aliphatic carbocycles. The van der Waals surface area contributed by atoms with Crippen LogP contribution in [0, 0.1) is 17.8 Å². The quantitative estimate of drug-likeness (QED) is 0.0419. The Morgan fingerprint density at radius 3 is 2.43 bits per heavy atom. The van der Waals surface area contributed by atoms with Crippen LogP contribution in [0.25, 0.3) is 0 Å². The molecule has 3 aromatic carbocycles. The van der Waals surface area contributed by atoms with E-state index in [0.717, 1.165) is 43.1 Å². The maximum Gasteiger partial charge on any atom is 0.243 e. The Balaban J connectivity index is 1.59. The zero-order valence-electron chi connectivity index (χ0n) is 34.6. The number of hydrogen-bond acceptors (Lipinski definition) is 11. The Morgan fingerprint density at radius 2 is 1.77 bits per heavy atom. The molecule has 3 aliphatic rings. The first-order valence-electron chi connectivity index (χ1n) is 20.8. The van der Waals surface area contributed by atoms with Gasteiger partial charge in [0, 0.05) is 55.8 Å². The molecule has 13 nitrogen and oxygen atoms in total. The molecule has 1 amide bonds. The predicted octanol–water partition coefficient (Wildman–Crippen LogP) is 7.61. The Hall–Kier alpha value is -4.86. The number of oxime groups is 1. The third-order valence-electron chi connectivity index (χ3n) is 11.6. The standard InChI is InChI=1S/C46H57N3O10S/c1-5-22-49(60(54,55)37-19-16-34(17-20-37)47-31(3)53)43-29-41(48-56-4)39-27-33(13-7-9-23-50)38(15-8-10-24-51)44-40-28-36(58-35-14-11-12-32(26-35)30-52)18-21-42(40)59-46(43,45(39)44)57-25-6-2/h6,11-12,14,16-21,26-28,30,33,38,43-45,50-51H,2,5,7-10,13,15,22-25,29H2,1,3-4H3,(H,47,53). The fraction of sp³-hybridized carbons (Fsp3) is 0.457. The number of nitrogens with zero attached hydrogens (tertiary/aromatic N) is 2. The third-order valence-corrected chi connectivity index (χ3v) is 13.6. The Kier molecular flexibility index (Phi) is 15.0. The first-order valence-corrected chi connectivity index (χ1v) is 22.2. The zero-order chi connectivity index (χ0) is 42.9. The zero-order valence-corrected chi connectivity index (χ0v) is 35.4. The van der Waals surface area contributed by atoms with E-state index in [9.17, 15) is 19.8 Å². The van der Waals surface area contributed by atoms with Gasteiger partial charge < -0.3 is 34.6 Å². The van der Waals surface area contributed by atoms with E-state index in [1.165, 1.54) is 30.5 Å². The lowest BCUT2D eigenvalue weighted by Gasteiger charge is -2.59. The number of aliphatic hydroxyl groups is 2. The lowest BCUT2D eigenvalue weighted by Crippen LogP contribution is -2.70. The van der Waals surface area contributed by atoms with Crippen molar-refractivity contribution in [3.63, 3.8) is 0 Å². The van der Waals surface area contributed by atoms with E-state index in [4.69, 9.17) is 19.0 Å². The largest absolute Gasteiger partial charge is 0.460 e. The van der Waals surface area contributed by atoms with Crippen LogP contribution in [0.5, 0.6) is 17.2 Å². The number of sulfonamides is 1. The second-order valence-electron chi connectivity index (χ2n) is 15.6. The van der Waals surface area contributed by atoms with Crippen LogP contribution >= 0.6 is 0 Å². The second-order valence-corrected chi connectivity index (χ2v) is 17.5. The maximum atomic E-state index is 15.0. The monoisotopic (exact) mass is 843 g/mol. The summed E-state index contributed by atoms with van der Waals surface area (Å²) in [7, 11) is -2.77. The van der Waals surface area contributed by atoms with Crippen molar-refractivity contribution in [1.29, 1.82) is 0 Å². The van der Waals surface area contributed by atoms with Gasteiger partial charge in [-0.25, -0.2) is 8.42 Å². The van der Waals surface area contributed by atoms with E-state index in [0.29, 0.717) is 53.5 Å². The number of aliphatic hydroxyl groups excluding tert-OH is 2. The molecule has 60 heavy (non-hydrogen) atoms. The van der Waals surface area contributed by atoms with E-state index in [1.807, 2.05) is 19.1 Å². The highest BCUT2D eigenvalue weighted by Crippen LogP contribution is 2.62. The number of amides is 1. The molecule has 0 saturated heterocycles. The van der Waals surface area contributed by atoms with Crippen LogP contribution in [0.15, 0.2) is 101 Å². The van der Waals surface area contributed by atoms with Crippen molar-refractivity contribution in [1.82, 2.24) is 4.31 Å². The number of carbonyl (C=O) groups excluding carboxylic acids is 2. The van der Waals surface area contributed by atoms with Crippen LogP contribution in [-0.4, -0.2) is 86.1 Å². The highest BCUT2D eigenvalue weighted by atomic mass is 32.2. The van der Waals surface area contributed by atoms with Crippen molar-refractivity contribution in [2.45, 2.75) is 87.9 Å². The summed E-state index contributed by atoms with van der Waals surface area (Å²) in [4.78, 5) is 28.9. The molecule has 6 rings (SSSR count). The molecule has 6 atom stereocenters. The molecule has 1 saturated carbocycles. The topological polar surface area (TPSA) is 173 Å². The fourth-order valence-electron chi connectivity index (χ4n) is 9.30. The number of unbranched alkanes of at least 4 members (excludes halogenated alkanes) is 2. The van der Waals surface area contributed by atoms with Crippen molar-refractivity contribution in [2.75, 3.05) is 38.8 Å². The van der Waals surface area contributed by atoms with Gasteiger partial charge in [-0.2, -0.15) is 4.31 Å². The summed E-state index contributed by atoms with van der Waals surface area (Å²) in [5.41, 5.74) is 3.22. The molecule has 0 radical (unpaired) electrons. The average molecular weight is 844 g/mol. The van der Waals surface area contributed by atoms with Gasteiger partial charge in [0.2, 0.25) is 21.7 Å². The number of rotatable bonds is 21. The Labute approximate surface area is 353 Å². The van der Waals surface area contributed by atoms with Gasteiger partial charge in [0.1, 0.15) is 30.6 Å². The fourth-order valence-corrected chi connectivity index (χ4v) is 11.0. The minimum atomic E-state index is -4.24. The molecule has 14 heteroatoms. The van der Waals surface area contributed by atoms with Crippen molar-refractivity contribution in [3.05, 3.63) is 102 Å². The molecule has 3 N–H and O–H groups in total. The minimum absolute atomic E-state index is 0.0135. The van der Waals surface area contributed by atoms with Crippen LogP contribution in [0.2, 0.25) is 0 Å². The number of hydrogen-bond donors (Lipinski definition) is 3. The van der Waals surface area contributed by atoms with Crippen LogP contribution in [0.4, 0.5) is 5.69 Å². The molecule has 322 valence electrons. The molecule has 0 aromatic heterocycles. The van der Waals surface area contributed by atoms with Crippen LogP contribution in [-0.2, 0) is 24.4 Å². The highest BCUT2D eigenvalue weighted by molar-refractivity contribution is 7.89. The number of nitrogens with one attached hydrogen (secondary N) is 1. The predicted molar refractivity (Wildman–Crippen MR) is 229 cm³/mol. The lowest BCUT2D eigenvalue weighted by atomic mass is 9.55. The summed E-state index contributed by atoms with van der Waals surface area (Å²) in [5, 5.41) is 27.0. The summed E-state index contributed by atoms with van der Waals surface area (Å²) in [5.74, 6) is -1.28. The SMILES string of the molecule is C=CCOC12Oc3ccc(Oc4cccc(C=O)c4)cc3C3C(CCCCO)C(CCCCO)C=C(C(=NOC)CC1N(CCC)S(=O)(=O)c1ccc(NC(C)=O)cc1)C32. The number of ether oxygens (including phenoxy) is 3. The Morgan fingerprint density at radius 1 is 1.03 bits per heavy atom. The van der Waals surface area contributed by atoms with Gasteiger partial charge in [0.25, 0.3) is 0 Å². The number of aldehydes is 1. The third kappa shape index (κ3) is 9.37. The van der Waals surface area contributed by atoms with Gasteiger partial charge in [-0.15, -0.1) is 6.58 Å². The van der Waals surface area contributed by atoms with Crippen LogP contribution < -0.4 is 14.8 Å². The van der Waals surface area contributed by atoms with Crippen LogP contribution in [0.1, 0.15) is 87.1 Å². The van der Waals surface area contributed by atoms with E-state index in [1.54, 1.807) is 48.5 Å². The van der Waals surface area contributed by atoms with Gasteiger partial charge in [-0.3, -0.25) is 9.59 Å². The number of allylic oxidation sites excluding steroid dienone is 1. The van der Waals surface area contributed by atoms with Gasteiger partial charge >= 0.3 is 0 Å². The molecule has 1 fully saturated rings. The average Bonchev–Trinajstić information content (AvgIpc) is 3.24. The maximum absolute atomic E-state index is 15.0. The van der Waals surface area contributed by atoms with Crippen molar-refractivity contribution in [2.24, 2.45) is 22.9 Å². The number of carbonyl (C=O) groups is 2. The molecule has 6 unspecified atom stereocenters. The van der Waals surface area contributed by atoms with Crippen molar-refractivity contribution in [3.8, 4) is 17.2 Å². The van der Waals surface area contributed by atoms with E-state index >= 15 is 8.42 Å². The van der Waals surface area contributed by atoms with Gasteiger partial charge in [-0.05, 0) is 104 Å². The van der Waals surface area contributed by atoms with E-state index in [2.05, 4.69) is 23.1 Å². The molecule has 0 bridgehead atoms. The summed E-state index contributed by atoms with van der Waals surface area (Å²) < 4.78 is 52.1. The summed E-state index contributed by atoms with van der Waals surface area (Å²) in [6, 6.07) is 17.7. The van der Waals surface area contributed by atoms with Gasteiger partial charge in [-0.1, -0.05) is 49.2 Å². The molecule has 0 spiro atoms. The lowest BCUT2D eigenvalue weighted by molar-refractivity contribution is -0.251. The highest BCUT2D eigenvalue weighted by Gasteiger charge is 2.66. The first-order chi connectivity index (χ1) is 29.0. The number of benzene rings is 3. The van der Waals surface area contributed by atoms with E-state index in [-0.39, 0.29) is 61.3 Å². The summed E-state index contributed by atoms with van der Waals surface area (Å²) in [6.07, 6.45) is 9.48. The molecular formula is C46H57N3O10S. The molecular weight excluding hydrogens is 787 g/mol.